The molecule has 7 nitrogen and oxygen atoms in total. The number of nitrogens with one attached hydrogen (secondary N) is 2. The molecule has 0 spiro atoms. The first-order valence-corrected chi connectivity index (χ1v) is 11.5. The van der Waals surface area contributed by atoms with Crippen LogP contribution in [-0.4, -0.2) is 41.8 Å². The molecule has 2 aromatic rings. The minimum Gasteiger partial charge on any atom is -0.480 e. The van der Waals surface area contributed by atoms with Crippen molar-refractivity contribution in [2.24, 2.45) is 5.92 Å². The predicted octanol–water partition coefficient (Wildman–Crippen LogP) is 4.31. The van der Waals surface area contributed by atoms with Crippen LogP contribution in [0.2, 0.25) is 0 Å². The Labute approximate surface area is 194 Å². The molecule has 33 heavy (non-hydrogen) atoms. The molecule has 1 atom stereocenters. The van der Waals surface area contributed by atoms with Crippen LogP contribution in [0.15, 0.2) is 48.5 Å². The molecule has 0 saturated carbocycles. The highest BCUT2D eigenvalue weighted by Gasteiger charge is 2.38. The fourth-order valence-electron chi connectivity index (χ4n) is 4.40. The molecular formula is C26H32N2O5. The summed E-state index contributed by atoms with van der Waals surface area (Å²) in [5, 5.41) is 14.9. The maximum atomic E-state index is 12.7. The number of hydrogen-bond acceptors (Lipinski definition) is 4. The molecule has 1 unspecified atom stereocenters. The summed E-state index contributed by atoms with van der Waals surface area (Å²) in [6.45, 7) is 5.55. The van der Waals surface area contributed by atoms with Gasteiger partial charge in [0, 0.05) is 12.5 Å². The molecule has 0 aliphatic heterocycles. The van der Waals surface area contributed by atoms with Gasteiger partial charge < -0.3 is 20.5 Å². The zero-order chi connectivity index (χ0) is 24.0. The first kappa shape index (κ1) is 24.3. The molecule has 0 radical (unpaired) electrons. The van der Waals surface area contributed by atoms with Gasteiger partial charge in [-0.15, -0.1) is 0 Å². The molecule has 0 aromatic heterocycles. The van der Waals surface area contributed by atoms with Crippen molar-refractivity contribution in [1.82, 2.24) is 10.6 Å². The van der Waals surface area contributed by atoms with Crippen LogP contribution < -0.4 is 10.6 Å². The second-order valence-electron chi connectivity index (χ2n) is 8.40. The Morgan fingerprint density at radius 2 is 1.52 bits per heavy atom. The molecule has 0 heterocycles. The second kappa shape index (κ2) is 10.5. The first-order valence-electron chi connectivity index (χ1n) is 11.5. The first-order chi connectivity index (χ1) is 15.9. The number of carboxylic acid groups (broad SMARTS) is 1. The lowest BCUT2D eigenvalue weighted by atomic mass is 9.91. The molecule has 2 amide bonds. The van der Waals surface area contributed by atoms with Crippen molar-refractivity contribution < 1.29 is 24.2 Å². The zero-order valence-corrected chi connectivity index (χ0v) is 19.4. The summed E-state index contributed by atoms with van der Waals surface area (Å²) in [7, 11) is 0. The summed E-state index contributed by atoms with van der Waals surface area (Å²) in [4.78, 5) is 36.8. The number of alkyl carbamates (subject to hydrolysis) is 1. The van der Waals surface area contributed by atoms with E-state index in [1.807, 2.05) is 31.2 Å². The highest BCUT2D eigenvalue weighted by atomic mass is 16.5. The van der Waals surface area contributed by atoms with Gasteiger partial charge in [-0.2, -0.15) is 0 Å². The summed E-state index contributed by atoms with van der Waals surface area (Å²) in [6, 6.07) is 16.2. The molecule has 7 heteroatoms. The third kappa shape index (κ3) is 5.02. The Hall–Kier alpha value is -3.35. The molecule has 1 aliphatic rings. The van der Waals surface area contributed by atoms with Crippen LogP contribution in [0.3, 0.4) is 0 Å². The van der Waals surface area contributed by atoms with Gasteiger partial charge in [-0.25, -0.2) is 9.59 Å². The number of hydrogen-bond donors (Lipinski definition) is 3. The van der Waals surface area contributed by atoms with E-state index in [0.29, 0.717) is 6.42 Å². The fourth-order valence-corrected chi connectivity index (χ4v) is 4.40. The van der Waals surface area contributed by atoms with Crippen LogP contribution >= 0.6 is 0 Å². The number of carbonyl (C=O) groups excluding carboxylic acids is 2. The van der Waals surface area contributed by atoms with Crippen LogP contribution in [0.1, 0.15) is 57.1 Å². The van der Waals surface area contributed by atoms with E-state index >= 15 is 0 Å². The number of fused-ring (bicyclic) bond motifs is 3. The summed E-state index contributed by atoms with van der Waals surface area (Å²) >= 11 is 0. The van der Waals surface area contributed by atoms with E-state index in [1.54, 1.807) is 13.8 Å². The molecule has 3 rings (SSSR count). The van der Waals surface area contributed by atoms with Crippen molar-refractivity contribution in [3.05, 3.63) is 59.7 Å². The highest BCUT2D eigenvalue weighted by molar-refractivity contribution is 5.88. The highest BCUT2D eigenvalue weighted by Crippen LogP contribution is 2.44. The molecule has 2 aromatic carbocycles. The zero-order valence-electron chi connectivity index (χ0n) is 19.4. The van der Waals surface area contributed by atoms with Crippen molar-refractivity contribution in [3.8, 4) is 11.1 Å². The van der Waals surface area contributed by atoms with Gasteiger partial charge in [0.2, 0.25) is 5.91 Å². The van der Waals surface area contributed by atoms with E-state index in [2.05, 4.69) is 34.9 Å². The number of benzene rings is 2. The van der Waals surface area contributed by atoms with E-state index in [4.69, 9.17) is 4.74 Å². The number of rotatable bonds is 10. The maximum absolute atomic E-state index is 12.7. The van der Waals surface area contributed by atoms with Gasteiger partial charge in [0.1, 0.15) is 12.1 Å². The summed E-state index contributed by atoms with van der Waals surface area (Å²) < 4.78 is 5.52. The van der Waals surface area contributed by atoms with Crippen LogP contribution in [0.5, 0.6) is 0 Å². The quantitative estimate of drug-likeness (QED) is 0.498. The van der Waals surface area contributed by atoms with Crippen molar-refractivity contribution in [2.75, 3.05) is 13.2 Å². The van der Waals surface area contributed by atoms with E-state index < -0.39 is 23.5 Å². The van der Waals surface area contributed by atoms with Gasteiger partial charge in [-0.05, 0) is 41.5 Å². The molecule has 176 valence electrons. The fraction of sp³-hybridized carbons (Fsp3) is 0.423. The third-order valence-electron chi connectivity index (χ3n) is 6.68. The maximum Gasteiger partial charge on any atom is 0.407 e. The molecule has 0 bridgehead atoms. The Morgan fingerprint density at radius 1 is 0.970 bits per heavy atom. The van der Waals surface area contributed by atoms with Crippen LogP contribution in [0, 0.1) is 5.92 Å². The average Bonchev–Trinajstić information content (AvgIpc) is 3.15. The van der Waals surface area contributed by atoms with E-state index in [-0.39, 0.29) is 37.8 Å². The Balaban J connectivity index is 1.58. The second-order valence-corrected chi connectivity index (χ2v) is 8.40. The van der Waals surface area contributed by atoms with Crippen LogP contribution in [0.25, 0.3) is 11.1 Å². The smallest absolute Gasteiger partial charge is 0.407 e. The normalized spacial score (nSPS) is 13.5. The largest absolute Gasteiger partial charge is 0.480 e. The van der Waals surface area contributed by atoms with Crippen molar-refractivity contribution in [2.45, 2.75) is 51.5 Å². The number of aliphatic carboxylic acids is 1. The Morgan fingerprint density at radius 3 is 2.00 bits per heavy atom. The predicted molar refractivity (Wildman–Crippen MR) is 126 cm³/mol. The van der Waals surface area contributed by atoms with E-state index in [1.165, 1.54) is 0 Å². The summed E-state index contributed by atoms with van der Waals surface area (Å²) in [5.41, 5.74) is 3.26. The average molecular weight is 453 g/mol. The third-order valence-corrected chi connectivity index (χ3v) is 6.68. The summed E-state index contributed by atoms with van der Waals surface area (Å²) in [6.07, 6.45) is 0.416. The minimum absolute atomic E-state index is 0.0429. The van der Waals surface area contributed by atoms with Crippen LogP contribution in [0.4, 0.5) is 4.79 Å². The minimum atomic E-state index is -1.30. The Kier molecular flexibility index (Phi) is 7.74. The lowest BCUT2D eigenvalue weighted by molar-refractivity contribution is -0.148. The molecule has 0 saturated heterocycles. The van der Waals surface area contributed by atoms with Gasteiger partial charge in [-0.3, -0.25) is 4.79 Å². The van der Waals surface area contributed by atoms with Gasteiger partial charge in [0.05, 0.1) is 5.92 Å². The number of carbonyl (C=O) groups is 3. The van der Waals surface area contributed by atoms with Gasteiger partial charge >= 0.3 is 12.1 Å². The van der Waals surface area contributed by atoms with Gasteiger partial charge in [-0.1, -0.05) is 69.3 Å². The monoisotopic (exact) mass is 452 g/mol. The molecule has 0 fully saturated rings. The topological polar surface area (TPSA) is 105 Å². The van der Waals surface area contributed by atoms with Crippen LogP contribution in [-0.2, 0) is 14.3 Å². The molecule has 1 aliphatic carbocycles. The van der Waals surface area contributed by atoms with E-state index in [9.17, 15) is 19.5 Å². The van der Waals surface area contributed by atoms with Gasteiger partial charge in [0.25, 0.3) is 0 Å². The SMILES string of the molecule is CCC(CNC(=O)OCC1c2ccccc2-c2ccccc21)C(=O)NC(CC)(CC)C(=O)O. The standard InChI is InChI=1S/C26H32N2O5/c1-4-17(23(29)28-26(5-2,6-3)24(30)31)15-27-25(32)33-16-22-20-13-9-7-11-18(20)19-12-8-10-14-21(19)22/h7-14,17,22H,4-6,15-16H2,1-3H3,(H,27,32)(H,28,29)(H,30,31). The lowest BCUT2D eigenvalue weighted by Crippen LogP contribution is -2.56. The Bertz CT molecular complexity index is 970. The van der Waals surface area contributed by atoms with Crippen molar-refractivity contribution in [1.29, 1.82) is 0 Å². The number of ether oxygens (including phenoxy) is 1. The molecule has 3 N–H and O–H groups in total. The summed E-state index contributed by atoms with van der Waals surface area (Å²) in [5.74, 6) is -2.04. The van der Waals surface area contributed by atoms with E-state index in [0.717, 1.165) is 22.3 Å². The lowest BCUT2D eigenvalue weighted by Gasteiger charge is -2.30. The van der Waals surface area contributed by atoms with Crippen molar-refractivity contribution in [3.63, 3.8) is 0 Å². The number of carboxylic acids is 1. The molecular weight excluding hydrogens is 420 g/mol. The number of amides is 2. The van der Waals surface area contributed by atoms with Gasteiger partial charge in [0.15, 0.2) is 0 Å². The van der Waals surface area contributed by atoms with Crippen molar-refractivity contribution >= 4 is 18.0 Å².